The van der Waals surface area contributed by atoms with Crippen molar-refractivity contribution in [3.05, 3.63) is 12.3 Å². The van der Waals surface area contributed by atoms with Crippen LogP contribution in [0.1, 0.15) is 0 Å². The third-order valence-electron chi connectivity index (χ3n) is 1.57. The third kappa shape index (κ3) is 1.12. The largest absolute Gasteiger partial charge is 0.342 e. The number of nitrogens with zero attached hydrogens (tertiary/aromatic N) is 3. The molecular weight excluding hydrogens is 126 g/mol. The first-order valence-corrected chi connectivity index (χ1v) is 3.33. The summed E-state index contributed by atoms with van der Waals surface area (Å²) in [6, 6.07) is 0. The average molecular weight is 139 g/mol. The Kier molecular flexibility index (Phi) is 1.94. The zero-order valence-electron chi connectivity index (χ0n) is 6.70. The Labute approximate surface area is 61.6 Å². The van der Waals surface area contributed by atoms with Gasteiger partial charge in [-0.2, -0.15) is 0 Å². The van der Waals surface area contributed by atoms with Crippen LogP contribution in [-0.4, -0.2) is 43.4 Å². The highest BCUT2D eigenvalue weighted by Gasteiger charge is 2.10. The van der Waals surface area contributed by atoms with E-state index >= 15 is 0 Å². The molecule has 0 N–H and O–H groups in total. The number of hydrogen-bond acceptors (Lipinski definition) is 1. The molecule has 1 heterocycles. The van der Waals surface area contributed by atoms with Crippen LogP contribution in [0, 0.1) is 0 Å². The Morgan fingerprint density at radius 2 is 2.20 bits per heavy atom. The van der Waals surface area contributed by atoms with Gasteiger partial charge in [0.1, 0.15) is 0 Å². The van der Waals surface area contributed by atoms with Crippen molar-refractivity contribution in [3.63, 3.8) is 0 Å². The van der Waals surface area contributed by atoms with E-state index in [0.717, 1.165) is 12.5 Å². The number of likely N-dealkylation sites (N-methyl/N-ethyl adjacent to an activating group) is 1. The molecule has 0 amide bonds. The Hall–Kier alpha value is -0.990. The summed E-state index contributed by atoms with van der Waals surface area (Å²) < 4.78 is 0. The van der Waals surface area contributed by atoms with E-state index in [9.17, 15) is 0 Å². The zero-order chi connectivity index (χ0) is 7.56. The van der Waals surface area contributed by atoms with E-state index in [1.54, 1.807) is 0 Å². The lowest BCUT2D eigenvalue weighted by molar-refractivity contribution is 0.451. The van der Waals surface area contributed by atoms with E-state index in [1.165, 1.54) is 0 Å². The summed E-state index contributed by atoms with van der Waals surface area (Å²) in [4.78, 5) is 8.23. The zero-order valence-corrected chi connectivity index (χ0v) is 6.70. The minimum atomic E-state index is 0.955. The molecule has 0 fully saturated rings. The molecule has 0 radical (unpaired) electrons. The second kappa shape index (κ2) is 2.73. The quantitative estimate of drug-likeness (QED) is 0.482. The van der Waals surface area contributed by atoms with Crippen LogP contribution in [0.3, 0.4) is 0 Å². The summed E-state index contributed by atoms with van der Waals surface area (Å²) in [5.41, 5.74) is 0. The number of rotatable bonds is 0. The predicted molar refractivity (Wildman–Crippen MR) is 42.9 cm³/mol. The molecule has 0 aromatic carbocycles. The van der Waals surface area contributed by atoms with Crippen molar-refractivity contribution in [2.75, 3.05) is 27.7 Å². The van der Waals surface area contributed by atoms with Gasteiger partial charge in [-0.3, -0.25) is 4.99 Å². The fourth-order valence-electron chi connectivity index (χ4n) is 1.11. The van der Waals surface area contributed by atoms with Gasteiger partial charge in [0.05, 0.1) is 0 Å². The summed E-state index contributed by atoms with van der Waals surface area (Å²) in [6.45, 7) is 0.955. The van der Waals surface area contributed by atoms with Crippen LogP contribution < -0.4 is 0 Å². The van der Waals surface area contributed by atoms with Gasteiger partial charge in [0.2, 0.25) is 0 Å². The number of hydrogen-bond donors (Lipinski definition) is 0. The molecule has 0 unspecified atom stereocenters. The molecule has 0 atom stereocenters. The van der Waals surface area contributed by atoms with Crippen LogP contribution in [0.15, 0.2) is 17.3 Å². The van der Waals surface area contributed by atoms with Gasteiger partial charge in [-0.15, -0.1) is 0 Å². The molecule has 0 saturated heterocycles. The molecule has 10 heavy (non-hydrogen) atoms. The molecule has 0 spiro atoms. The molecule has 3 heteroatoms. The minimum absolute atomic E-state index is 0.955. The van der Waals surface area contributed by atoms with Crippen molar-refractivity contribution in [2.24, 2.45) is 4.99 Å². The maximum absolute atomic E-state index is 4.13. The average Bonchev–Trinajstić information content (AvgIpc) is 1.88. The van der Waals surface area contributed by atoms with E-state index < -0.39 is 0 Å². The smallest absolute Gasteiger partial charge is 0.200 e. The lowest BCUT2D eigenvalue weighted by Gasteiger charge is -2.29. The Bertz CT molecular complexity index is 172. The molecule has 0 aromatic heterocycles. The molecule has 0 bridgehead atoms. The van der Waals surface area contributed by atoms with Crippen LogP contribution in [0.5, 0.6) is 0 Å². The lowest BCUT2D eigenvalue weighted by Crippen LogP contribution is -2.40. The van der Waals surface area contributed by atoms with Crippen molar-refractivity contribution in [2.45, 2.75) is 0 Å². The fourth-order valence-corrected chi connectivity index (χ4v) is 1.11. The second-order valence-corrected chi connectivity index (χ2v) is 2.40. The monoisotopic (exact) mass is 139 g/mol. The van der Waals surface area contributed by atoms with Gasteiger partial charge >= 0.3 is 0 Å². The topological polar surface area (TPSA) is 18.8 Å². The molecule has 1 aliphatic rings. The molecule has 0 aliphatic carbocycles. The standard InChI is InChI=1S/C7H13N3/c1-8-7-9(2)5-4-6-10(7)3/h4-5H,6H2,1-3H3. The fraction of sp³-hybridized carbons (Fsp3) is 0.571. The first-order valence-electron chi connectivity index (χ1n) is 3.33. The van der Waals surface area contributed by atoms with Crippen LogP contribution >= 0.6 is 0 Å². The predicted octanol–water partition coefficient (Wildman–Crippen LogP) is 0.363. The van der Waals surface area contributed by atoms with Crippen LogP contribution in [-0.2, 0) is 0 Å². The lowest BCUT2D eigenvalue weighted by atomic mass is 10.4. The van der Waals surface area contributed by atoms with Gasteiger partial charge in [0.25, 0.3) is 0 Å². The van der Waals surface area contributed by atoms with Crippen LogP contribution in [0.4, 0.5) is 0 Å². The van der Waals surface area contributed by atoms with E-state index in [2.05, 4.69) is 16.0 Å². The van der Waals surface area contributed by atoms with Gasteiger partial charge in [-0.1, -0.05) is 0 Å². The van der Waals surface area contributed by atoms with E-state index in [-0.39, 0.29) is 0 Å². The van der Waals surface area contributed by atoms with Crippen LogP contribution in [0.2, 0.25) is 0 Å². The maximum atomic E-state index is 4.13. The normalized spacial score (nSPS) is 22.5. The summed E-state index contributed by atoms with van der Waals surface area (Å²) in [5.74, 6) is 1.02. The second-order valence-electron chi connectivity index (χ2n) is 2.40. The highest BCUT2D eigenvalue weighted by atomic mass is 15.4. The molecular formula is C7H13N3. The molecule has 56 valence electrons. The third-order valence-corrected chi connectivity index (χ3v) is 1.57. The van der Waals surface area contributed by atoms with Crippen molar-refractivity contribution in [1.82, 2.24) is 9.80 Å². The molecule has 1 aliphatic heterocycles. The number of guanidine groups is 1. The first-order chi connectivity index (χ1) is 4.75. The Morgan fingerprint density at radius 3 is 2.60 bits per heavy atom. The SMILES string of the molecule is CN=C1N(C)C=CCN1C. The van der Waals surface area contributed by atoms with Crippen molar-refractivity contribution >= 4 is 5.96 Å². The molecule has 1 rings (SSSR count). The maximum Gasteiger partial charge on any atom is 0.200 e. The van der Waals surface area contributed by atoms with Crippen molar-refractivity contribution < 1.29 is 0 Å². The molecule has 0 aromatic rings. The van der Waals surface area contributed by atoms with E-state index in [0.29, 0.717) is 0 Å². The highest BCUT2D eigenvalue weighted by molar-refractivity contribution is 5.81. The van der Waals surface area contributed by atoms with Gasteiger partial charge in [0, 0.05) is 33.9 Å². The first kappa shape index (κ1) is 7.12. The summed E-state index contributed by atoms with van der Waals surface area (Å²) >= 11 is 0. The number of aliphatic imine (C=N–C) groups is 1. The van der Waals surface area contributed by atoms with Gasteiger partial charge in [0.15, 0.2) is 5.96 Å². The van der Waals surface area contributed by atoms with E-state index in [1.807, 2.05) is 32.2 Å². The minimum Gasteiger partial charge on any atom is -0.342 e. The van der Waals surface area contributed by atoms with Gasteiger partial charge in [-0.05, 0) is 6.08 Å². The summed E-state index contributed by atoms with van der Waals surface area (Å²) in [5, 5.41) is 0. The summed E-state index contributed by atoms with van der Waals surface area (Å²) in [7, 11) is 5.83. The van der Waals surface area contributed by atoms with Gasteiger partial charge in [-0.25, -0.2) is 0 Å². The van der Waals surface area contributed by atoms with E-state index in [4.69, 9.17) is 0 Å². The molecule has 0 saturated carbocycles. The Morgan fingerprint density at radius 1 is 1.50 bits per heavy atom. The van der Waals surface area contributed by atoms with Crippen molar-refractivity contribution in [1.29, 1.82) is 0 Å². The summed E-state index contributed by atoms with van der Waals surface area (Å²) in [6.07, 6.45) is 4.14. The highest BCUT2D eigenvalue weighted by Crippen LogP contribution is 2.00. The van der Waals surface area contributed by atoms with Crippen LogP contribution in [0.25, 0.3) is 0 Å². The van der Waals surface area contributed by atoms with Crippen molar-refractivity contribution in [3.8, 4) is 0 Å². The Balaban J connectivity index is 2.78. The molecule has 3 nitrogen and oxygen atoms in total. The van der Waals surface area contributed by atoms with Gasteiger partial charge < -0.3 is 9.80 Å².